The molecule has 0 radical (unpaired) electrons. The van der Waals surface area contributed by atoms with Crippen LogP contribution in [0, 0.1) is 15.9 Å². The van der Waals surface area contributed by atoms with E-state index in [1.165, 1.54) is 12.1 Å². The first-order valence-corrected chi connectivity index (χ1v) is 6.58. The summed E-state index contributed by atoms with van der Waals surface area (Å²) in [7, 11) is 0. The van der Waals surface area contributed by atoms with E-state index in [1.54, 1.807) is 0 Å². The molecule has 0 atom stereocenters. The third-order valence-electron chi connectivity index (χ3n) is 2.69. The molecule has 0 spiro atoms. The Morgan fingerprint density at radius 3 is 2.70 bits per heavy atom. The maximum Gasteiger partial charge on any atom is 0.329 e. The van der Waals surface area contributed by atoms with Crippen molar-refractivity contribution in [2.24, 2.45) is 0 Å². The largest absolute Gasteiger partial charge is 0.329 e. The molecule has 0 aliphatic heterocycles. The van der Waals surface area contributed by atoms with Gasteiger partial charge in [0, 0.05) is 6.07 Å². The zero-order valence-electron chi connectivity index (χ0n) is 10.4. The van der Waals surface area contributed by atoms with E-state index in [-0.39, 0.29) is 27.2 Å². The molecule has 2 rings (SSSR count). The van der Waals surface area contributed by atoms with Crippen LogP contribution in [0.2, 0.25) is 10.2 Å². The molecule has 0 saturated heterocycles. The summed E-state index contributed by atoms with van der Waals surface area (Å²) >= 11 is 11.6. The number of nitro groups is 1. The van der Waals surface area contributed by atoms with Gasteiger partial charge in [-0.2, -0.15) is 5.10 Å². The molecule has 8 heteroatoms. The Bertz CT molecular complexity index is 673. The van der Waals surface area contributed by atoms with Gasteiger partial charge < -0.3 is 0 Å². The Kier molecular flexibility index (Phi) is 4.25. The second-order valence-corrected chi connectivity index (χ2v) is 4.87. The normalized spacial score (nSPS) is 10.8. The number of hydrogen-bond donors (Lipinski definition) is 0. The number of hydrogen-bond acceptors (Lipinski definition) is 3. The molecule has 2 aromatic rings. The summed E-state index contributed by atoms with van der Waals surface area (Å²) in [4.78, 5) is 10.5. The second-order valence-electron chi connectivity index (χ2n) is 4.10. The first-order chi connectivity index (χ1) is 9.45. The third-order valence-corrected chi connectivity index (χ3v) is 3.34. The summed E-state index contributed by atoms with van der Waals surface area (Å²) in [5.74, 6) is -0.643. The van der Waals surface area contributed by atoms with Crippen LogP contribution in [0.15, 0.2) is 18.2 Å². The van der Waals surface area contributed by atoms with Crippen molar-refractivity contribution in [2.75, 3.05) is 0 Å². The van der Waals surface area contributed by atoms with Gasteiger partial charge in [-0.05, 0) is 18.6 Å². The molecular weight excluding hydrogens is 308 g/mol. The molecule has 0 bridgehead atoms. The van der Waals surface area contributed by atoms with Crippen LogP contribution in [0.1, 0.15) is 19.0 Å². The van der Waals surface area contributed by atoms with E-state index < -0.39 is 10.7 Å². The Morgan fingerprint density at radius 2 is 2.15 bits per heavy atom. The lowest BCUT2D eigenvalue weighted by Gasteiger charge is -2.03. The monoisotopic (exact) mass is 317 g/mol. The lowest BCUT2D eigenvalue weighted by molar-refractivity contribution is -0.385. The molecule has 0 saturated carbocycles. The Morgan fingerprint density at radius 1 is 1.45 bits per heavy atom. The van der Waals surface area contributed by atoms with Gasteiger partial charge in [0.15, 0.2) is 0 Å². The standard InChI is InChI=1S/C12H10Cl2FN3O2/c1-2-3-10-11(18(19)20)12(14)17(16-10)7-4-5-8(13)9(15)6-7/h4-6H,2-3H2,1H3. The van der Waals surface area contributed by atoms with Crippen LogP contribution in [0.4, 0.5) is 10.1 Å². The minimum Gasteiger partial charge on any atom is -0.258 e. The van der Waals surface area contributed by atoms with Crippen molar-refractivity contribution < 1.29 is 9.31 Å². The maximum atomic E-state index is 13.5. The van der Waals surface area contributed by atoms with Crippen LogP contribution in [-0.2, 0) is 6.42 Å². The number of benzene rings is 1. The van der Waals surface area contributed by atoms with Crippen molar-refractivity contribution in [2.45, 2.75) is 19.8 Å². The van der Waals surface area contributed by atoms with E-state index in [9.17, 15) is 14.5 Å². The van der Waals surface area contributed by atoms with E-state index in [0.717, 1.165) is 10.7 Å². The fourth-order valence-corrected chi connectivity index (χ4v) is 2.24. The van der Waals surface area contributed by atoms with E-state index in [2.05, 4.69) is 5.10 Å². The molecule has 0 unspecified atom stereocenters. The minimum absolute atomic E-state index is 0.0414. The first-order valence-electron chi connectivity index (χ1n) is 5.83. The quantitative estimate of drug-likeness (QED) is 0.627. The third kappa shape index (κ3) is 2.62. The molecule has 1 aromatic carbocycles. The van der Waals surface area contributed by atoms with Gasteiger partial charge in [-0.25, -0.2) is 9.07 Å². The molecule has 1 heterocycles. The topological polar surface area (TPSA) is 61.0 Å². The number of aromatic nitrogens is 2. The van der Waals surface area contributed by atoms with Gasteiger partial charge in [0.05, 0.1) is 15.6 Å². The summed E-state index contributed by atoms with van der Waals surface area (Å²) in [6.45, 7) is 1.87. The number of nitrogens with zero attached hydrogens (tertiary/aromatic N) is 3. The highest BCUT2D eigenvalue weighted by Gasteiger charge is 2.26. The SMILES string of the molecule is CCCc1nn(-c2ccc(Cl)c(F)c2)c(Cl)c1[N+](=O)[O-]. The predicted molar refractivity (Wildman–Crippen MR) is 74.2 cm³/mol. The van der Waals surface area contributed by atoms with Crippen LogP contribution < -0.4 is 0 Å². The highest BCUT2D eigenvalue weighted by Crippen LogP contribution is 2.32. The Hall–Kier alpha value is -1.66. The lowest BCUT2D eigenvalue weighted by atomic mass is 10.2. The smallest absolute Gasteiger partial charge is 0.258 e. The fraction of sp³-hybridized carbons (Fsp3) is 0.250. The summed E-state index contributed by atoms with van der Waals surface area (Å²) in [6.07, 6.45) is 1.10. The zero-order chi connectivity index (χ0) is 14.9. The molecule has 0 fully saturated rings. The second kappa shape index (κ2) is 5.76. The van der Waals surface area contributed by atoms with Gasteiger partial charge in [-0.1, -0.05) is 36.5 Å². The molecule has 0 aliphatic rings. The maximum absolute atomic E-state index is 13.5. The van der Waals surface area contributed by atoms with Crippen LogP contribution in [0.5, 0.6) is 0 Å². The van der Waals surface area contributed by atoms with Crippen LogP contribution in [-0.4, -0.2) is 14.7 Å². The van der Waals surface area contributed by atoms with Gasteiger partial charge in [0.2, 0.25) is 5.15 Å². The average molecular weight is 318 g/mol. The van der Waals surface area contributed by atoms with E-state index in [0.29, 0.717) is 12.8 Å². The molecule has 0 amide bonds. The van der Waals surface area contributed by atoms with Gasteiger partial charge in [0.1, 0.15) is 11.5 Å². The molecule has 0 aliphatic carbocycles. The van der Waals surface area contributed by atoms with Crippen molar-refractivity contribution in [3.63, 3.8) is 0 Å². The molecular formula is C12H10Cl2FN3O2. The average Bonchev–Trinajstić information content (AvgIpc) is 2.70. The summed E-state index contributed by atoms with van der Waals surface area (Å²) in [5, 5.41) is 15.0. The molecule has 0 N–H and O–H groups in total. The number of halogens is 3. The highest BCUT2D eigenvalue weighted by atomic mass is 35.5. The van der Waals surface area contributed by atoms with Crippen molar-refractivity contribution in [1.82, 2.24) is 9.78 Å². The van der Waals surface area contributed by atoms with Crippen molar-refractivity contribution in [1.29, 1.82) is 0 Å². The highest BCUT2D eigenvalue weighted by molar-refractivity contribution is 6.32. The summed E-state index contributed by atoms with van der Waals surface area (Å²) < 4.78 is 14.6. The van der Waals surface area contributed by atoms with Gasteiger partial charge in [-0.15, -0.1) is 0 Å². The molecule has 5 nitrogen and oxygen atoms in total. The van der Waals surface area contributed by atoms with Gasteiger partial charge in [-0.3, -0.25) is 10.1 Å². The van der Waals surface area contributed by atoms with E-state index in [4.69, 9.17) is 23.2 Å². The number of aryl methyl sites for hydroxylation is 1. The van der Waals surface area contributed by atoms with E-state index >= 15 is 0 Å². The van der Waals surface area contributed by atoms with Crippen molar-refractivity contribution in [3.8, 4) is 5.69 Å². The van der Waals surface area contributed by atoms with Crippen LogP contribution in [0.3, 0.4) is 0 Å². The van der Waals surface area contributed by atoms with Crippen molar-refractivity contribution >= 4 is 28.9 Å². The predicted octanol–water partition coefficient (Wildman–Crippen LogP) is 4.18. The Balaban J connectivity index is 2.59. The Labute approximate surface area is 124 Å². The molecule has 1 aromatic heterocycles. The van der Waals surface area contributed by atoms with Gasteiger partial charge >= 0.3 is 5.69 Å². The van der Waals surface area contributed by atoms with Gasteiger partial charge in [0.25, 0.3) is 0 Å². The summed E-state index contributed by atoms with van der Waals surface area (Å²) in [6, 6.07) is 3.96. The van der Waals surface area contributed by atoms with Crippen LogP contribution >= 0.6 is 23.2 Å². The van der Waals surface area contributed by atoms with E-state index in [1.807, 2.05) is 6.92 Å². The summed E-state index contributed by atoms with van der Waals surface area (Å²) in [5.41, 5.74) is 0.309. The first kappa shape index (κ1) is 14.7. The molecule has 106 valence electrons. The van der Waals surface area contributed by atoms with Crippen molar-refractivity contribution in [3.05, 3.63) is 50.0 Å². The number of rotatable bonds is 4. The minimum atomic E-state index is -0.643. The van der Waals surface area contributed by atoms with Crippen LogP contribution in [0.25, 0.3) is 5.69 Å². The lowest BCUT2D eigenvalue weighted by Crippen LogP contribution is -1.98. The fourth-order valence-electron chi connectivity index (χ4n) is 1.81. The molecule has 20 heavy (non-hydrogen) atoms. The zero-order valence-corrected chi connectivity index (χ0v) is 12.0.